The maximum atomic E-state index is 15.1. The molecule has 0 spiro atoms. The zero-order chi connectivity index (χ0) is 38.4. The van der Waals surface area contributed by atoms with Crippen molar-refractivity contribution >= 4 is 19.4 Å². The second kappa shape index (κ2) is 20.0. The second-order valence-corrected chi connectivity index (χ2v) is 15.7. The van der Waals surface area contributed by atoms with Crippen molar-refractivity contribution in [3.8, 4) is 23.0 Å². The van der Waals surface area contributed by atoms with Gasteiger partial charge in [0, 0.05) is 5.56 Å². The topological polar surface area (TPSA) is 132 Å². The van der Waals surface area contributed by atoms with Gasteiger partial charge in [-0.05, 0) is 98.0 Å². The summed E-state index contributed by atoms with van der Waals surface area (Å²) in [5.41, 5.74) is 3.99. The number of esters is 2. The molecule has 4 rings (SSSR count). The molecular weight excluding hydrogens is 691 g/mol. The molecule has 0 saturated carbocycles. The first-order chi connectivity index (χ1) is 25.4. The molecule has 0 aliphatic heterocycles. The molecule has 0 saturated heterocycles. The molecule has 2 atom stereocenters. The van der Waals surface area contributed by atoms with Crippen LogP contribution in [-0.2, 0) is 36.5 Å². The van der Waals surface area contributed by atoms with Gasteiger partial charge in [0.25, 0.3) is 0 Å². The van der Waals surface area contributed by atoms with E-state index in [9.17, 15) is 14.7 Å². The molecule has 0 aliphatic rings. The summed E-state index contributed by atoms with van der Waals surface area (Å²) in [6.07, 6.45) is 1.22. The van der Waals surface area contributed by atoms with Crippen LogP contribution in [0.3, 0.4) is 0 Å². The van der Waals surface area contributed by atoms with Crippen molar-refractivity contribution in [2.24, 2.45) is 0 Å². The fourth-order valence-corrected chi connectivity index (χ4v) is 7.74. The smallest absolute Gasteiger partial charge is 0.323 e. The lowest BCUT2D eigenvalue weighted by Gasteiger charge is -2.29. The number of benzene rings is 4. The molecule has 10 nitrogen and oxygen atoms in total. The van der Waals surface area contributed by atoms with E-state index in [1.807, 2.05) is 108 Å². The molecule has 284 valence electrons. The van der Waals surface area contributed by atoms with Crippen LogP contribution >= 0.6 is 7.44 Å². The van der Waals surface area contributed by atoms with Gasteiger partial charge in [-0.15, -0.1) is 0 Å². The molecule has 0 aliphatic carbocycles. The van der Waals surface area contributed by atoms with Crippen LogP contribution in [0.1, 0.15) is 74.3 Å². The number of nitrogens with one attached hydrogen (secondary N) is 2. The molecule has 0 unspecified atom stereocenters. The predicted molar refractivity (Wildman–Crippen MR) is 208 cm³/mol. The van der Waals surface area contributed by atoms with E-state index < -0.39 is 37.8 Å². The predicted octanol–water partition coefficient (Wildman–Crippen LogP) is 8.76. The first-order valence-electron chi connectivity index (χ1n) is 18.2. The lowest BCUT2D eigenvalue weighted by atomic mass is 10.0. The van der Waals surface area contributed by atoms with Gasteiger partial charge in [0.05, 0.1) is 13.2 Å². The molecule has 0 bridgehead atoms. The number of rotatable bonds is 20. The Morgan fingerprint density at radius 2 is 1.21 bits per heavy atom. The molecule has 4 aromatic rings. The highest BCUT2D eigenvalue weighted by molar-refractivity contribution is 7.59. The van der Waals surface area contributed by atoms with Crippen LogP contribution in [0.15, 0.2) is 91.0 Å². The molecule has 4 aromatic carbocycles. The summed E-state index contributed by atoms with van der Waals surface area (Å²) in [5, 5.41) is 16.4. The van der Waals surface area contributed by atoms with Crippen LogP contribution in [0.25, 0.3) is 0 Å². The Kier molecular flexibility index (Phi) is 15.5. The molecule has 0 amide bonds. The van der Waals surface area contributed by atoms with E-state index in [4.69, 9.17) is 18.9 Å². The summed E-state index contributed by atoms with van der Waals surface area (Å²) in [4.78, 5) is 26.9. The lowest BCUT2D eigenvalue weighted by Crippen LogP contribution is -2.47. The fraction of sp³-hybridized carbons (Fsp3) is 0.381. The Morgan fingerprint density at radius 1 is 0.717 bits per heavy atom. The van der Waals surface area contributed by atoms with Gasteiger partial charge in [-0.2, -0.15) is 0 Å². The third-order valence-electron chi connectivity index (χ3n) is 8.45. The van der Waals surface area contributed by atoms with Crippen molar-refractivity contribution in [2.45, 2.75) is 85.2 Å². The van der Waals surface area contributed by atoms with Crippen molar-refractivity contribution in [3.05, 3.63) is 119 Å². The number of phenolic OH excluding ortho intramolecular Hbond substituents is 1. The molecule has 0 radical (unpaired) electrons. The number of ether oxygens (including phenoxy) is 4. The normalized spacial score (nSPS) is 12.6. The Bertz CT molecular complexity index is 1740. The highest BCUT2D eigenvalue weighted by Gasteiger charge is 2.36. The van der Waals surface area contributed by atoms with Crippen molar-refractivity contribution in [1.29, 1.82) is 0 Å². The Labute approximate surface area is 313 Å². The zero-order valence-corrected chi connectivity index (χ0v) is 32.5. The van der Waals surface area contributed by atoms with Gasteiger partial charge >= 0.3 is 11.9 Å². The lowest BCUT2D eigenvalue weighted by molar-refractivity contribution is -0.146. The summed E-state index contributed by atoms with van der Waals surface area (Å²) in [6.45, 7) is 12.0. The summed E-state index contributed by atoms with van der Waals surface area (Å²) in [5.74, 6) is 0.832. The van der Waals surface area contributed by atoms with Crippen molar-refractivity contribution in [1.82, 2.24) is 10.2 Å². The summed E-state index contributed by atoms with van der Waals surface area (Å²) in [7, 11) is -3.94. The van der Waals surface area contributed by atoms with Crippen molar-refractivity contribution in [3.63, 3.8) is 0 Å². The number of aryl methyl sites for hydroxylation is 2. The zero-order valence-electron chi connectivity index (χ0n) is 31.6. The van der Waals surface area contributed by atoms with Gasteiger partial charge in [-0.3, -0.25) is 14.2 Å². The maximum absolute atomic E-state index is 15.1. The van der Waals surface area contributed by atoms with Crippen molar-refractivity contribution in [2.75, 3.05) is 19.6 Å². The van der Waals surface area contributed by atoms with Gasteiger partial charge in [-0.1, -0.05) is 88.4 Å². The van der Waals surface area contributed by atoms with E-state index in [1.165, 1.54) is 0 Å². The number of hydrogen-bond acceptors (Lipinski definition) is 8. The first kappa shape index (κ1) is 41.1. The molecule has 11 heteroatoms. The van der Waals surface area contributed by atoms with Crippen LogP contribution in [0, 0.1) is 13.8 Å². The summed E-state index contributed by atoms with van der Waals surface area (Å²) >= 11 is 0. The minimum atomic E-state index is -3.94. The van der Waals surface area contributed by atoms with E-state index in [0.717, 1.165) is 27.8 Å². The number of carbonyl (C=O) groups excluding carboxylic acids is 2. The average molecular weight is 745 g/mol. The Morgan fingerprint density at radius 3 is 1.66 bits per heavy atom. The van der Waals surface area contributed by atoms with Crippen LogP contribution < -0.4 is 19.6 Å². The highest BCUT2D eigenvalue weighted by atomic mass is 31.2. The standard InChI is InChI=1S/C42H53N2O8P/c1-7-21-49-41(46)37(25-32-15-11-9-12-16-32)43-53(48,44-38(42(47)50-22-8-2)26-33-17-13-10-14-18-33)28-51-35-23-30(5)40(31(6)24-35)52-34-19-20-39(45)36(27-34)29(3)4/h9-20,23-24,27,29,37-38,45H,7-8,21-22,25-26,28H2,1-6H3,(H2,43,44,48)/t37-,38-/m0/s1. The van der Waals surface area contributed by atoms with Crippen LogP contribution in [0.5, 0.6) is 23.0 Å². The van der Waals surface area contributed by atoms with Crippen LogP contribution in [0.4, 0.5) is 0 Å². The van der Waals surface area contributed by atoms with E-state index in [2.05, 4.69) is 10.2 Å². The SMILES string of the molecule is CCCOC(=O)[C@H](Cc1ccccc1)NP(=O)(COc1cc(C)c(Oc2ccc(O)c(C(C)C)c2)c(C)c1)N[C@@H](Cc1ccccc1)C(=O)OCCC. The first-order valence-corrected chi connectivity index (χ1v) is 20.1. The fourth-order valence-electron chi connectivity index (χ4n) is 5.78. The van der Waals surface area contributed by atoms with Gasteiger partial charge in [-0.25, -0.2) is 10.2 Å². The molecule has 0 heterocycles. The van der Waals surface area contributed by atoms with E-state index in [0.29, 0.717) is 30.1 Å². The quantitative estimate of drug-likeness (QED) is 0.0596. The van der Waals surface area contributed by atoms with Crippen molar-refractivity contribution < 1.29 is 38.2 Å². The van der Waals surface area contributed by atoms with E-state index in [-0.39, 0.29) is 37.7 Å². The average Bonchev–Trinajstić information content (AvgIpc) is 3.14. The number of carbonyl (C=O) groups is 2. The highest BCUT2D eigenvalue weighted by Crippen LogP contribution is 2.41. The maximum Gasteiger partial charge on any atom is 0.323 e. The Hall–Kier alpha value is -4.63. The van der Waals surface area contributed by atoms with E-state index >= 15 is 4.57 Å². The Balaban J connectivity index is 1.66. The second-order valence-electron chi connectivity index (χ2n) is 13.5. The summed E-state index contributed by atoms with van der Waals surface area (Å²) < 4.78 is 38.7. The number of aromatic hydroxyl groups is 1. The minimum Gasteiger partial charge on any atom is -0.508 e. The number of hydrogen-bond donors (Lipinski definition) is 3. The van der Waals surface area contributed by atoms with Gasteiger partial charge in [0.2, 0.25) is 7.44 Å². The molecular formula is C42H53N2O8P. The van der Waals surface area contributed by atoms with E-state index in [1.54, 1.807) is 24.3 Å². The largest absolute Gasteiger partial charge is 0.508 e. The monoisotopic (exact) mass is 744 g/mol. The molecule has 0 fully saturated rings. The summed E-state index contributed by atoms with van der Waals surface area (Å²) in [6, 6.07) is 25.5. The molecule has 0 aromatic heterocycles. The third kappa shape index (κ3) is 12.5. The number of phenols is 1. The van der Waals surface area contributed by atoms with Gasteiger partial charge < -0.3 is 24.1 Å². The van der Waals surface area contributed by atoms with Crippen LogP contribution in [0.2, 0.25) is 0 Å². The van der Waals surface area contributed by atoms with Gasteiger partial charge in [0.1, 0.15) is 35.1 Å². The van der Waals surface area contributed by atoms with Crippen LogP contribution in [-0.4, -0.2) is 48.7 Å². The minimum absolute atomic E-state index is 0.107. The molecule has 3 N–H and O–H groups in total. The third-order valence-corrected chi connectivity index (χ3v) is 10.4. The van der Waals surface area contributed by atoms with Gasteiger partial charge in [0.15, 0.2) is 6.35 Å². The molecule has 53 heavy (non-hydrogen) atoms.